The Morgan fingerprint density at radius 2 is 1.57 bits per heavy atom. The van der Waals surface area contributed by atoms with Gasteiger partial charge in [-0.1, -0.05) is 30.3 Å². The molecule has 0 bridgehead atoms. The average molecular weight is 670 g/mol. The number of esters is 1. The lowest BCUT2D eigenvalue weighted by Crippen LogP contribution is -2.21. The lowest BCUT2D eigenvalue weighted by atomic mass is 10.2. The smallest absolute Gasteiger partial charge is 0.342 e. The van der Waals surface area contributed by atoms with Gasteiger partial charge in [-0.15, -0.1) is 0 Å². The molecule has 0 radical (unpaired) electrons. The molecule has 0 saturated heterocycles. The Morgan fingerprint density at radius 1 is 1.04 bits per heavy atom. The summed E-state index contributed by atoms with van der Waals surface area (Å²) in [5, 5.41) is 0. The van der Waals surface area contributed by atoms with E-state index in [0.29, 0.717) is 7.14 Å². The maximum Gasteiger partial charge on any atom is 0.342 e. The van der Waals surface area contributed by atoms with Gasteiger partial charge < -0.3 is 4.74 Å². The summed E-state index contributed by atoms with van der Waals surface area (Å²) in [4.78, 5) is 12.4. The number of carbonyl (C=O) groups excluding carboxylic acids is 1. The van der Waals surface area contributed by atoms with Crippen LogP contribution in [0.25, 0.3) is 0 Å². The van der Waals surface area contributed by atoms with Crippen LogP contribution in [0.4, 0.5) is 0 Å². The molecule has 0 aliphatic carbocycles. The molecule has 0 aliphatic heterocycles. The Hall–Kier alpha value is 0.0100. The zero-order chi connectivity index (χ0) is 17.2. The zero-order valence-electron chi connectivity index (χ0n) is 11.2. The second-order valence-corrected chi connectivity index (χ2v) is 9.44. The summed E-state index contributed by atoms with van der Waals surface area (Å²) >= 11 is 6.09. The minimum atomic E-state index is -4.60. The number of carbonyl (C=O) groups is 1. The number of ether oxygens (including phenoxy) is 1. The van der Waals surface area contributed by atoms with Crippen LogP contribution >= 0.6 is 67.8 Å². The van der Waals surface area contributed by atoms with Crippen LogP contribution in [-0.2, 0) is 14.9 Å². The first kappa shape index (κ1) is 19.3. The fourth-order valence-electron chi connectivity index (χ4n) is 1.80. The van der Waals surface area contributed by atoms with Gasteiger partial charge in [-0.2, -0.15) is 8.42 Å². The monoisotopic (exact) mass is 670 g/mol. The van der Waals surface area contributed by atoms with Crippen LogP contribution < -0.4 is 0 Å². The number of hydrogen-bond donors (Lipinski definition) is 1. The van der Waals surface area contributed by atoms with Gasteiger partial charge in [0.1, 0.15) is 0 Å². The van der Waals surface area contributed by atoms with Crippen LogP contribution in [0.3, 0.4) is 0 Å². The summed E-state index contributed by atoms with van der Waals surface area (Å²) in [6, 6.07) is 11.4. The molecule has 5 nitrogen and oxygen atoms in total. The molecule has 0 saturated carbocycles. The Labute approximate surface area is 174 Å². The van der Waals surface area contributed by atoms with Crippen LogP contribution in [0.15, 0.2) is 42.5 Å². The standard InChI is InChI=1S/C14H9I3O5S/c15-9-6-10(16)12(11(17)7-9)13(18)22-14(23(19,20)21)8-4-2-1-3-5-8/h1-7,14H,(H,19,20,21). The molecule has 0 spiro atoms. The average Bonchev–Trinajstić information content (AvgIpc) is 2.43. The summed E-state index contributed by atoms with van der Waals surface area (Å²) in [5.41, 5.74) is -1.31. The van der Waals surface area contributed by atoms with Crippen molar-refractivity contribution in [1.82, 2.24) is 0 Å². The van der Waals surface area contributed by atoms with Crippen LogP contribution in [0.2, 0.25) is 0 Å². The van der Waals surface area contributed by atoms with E-state index in [0.717, 1.165) is 3.57 Å². The molecule has 1 atom stereocenters. The van der Waals surface area contributed by atoms with Crippen LogP contribution in [0.5, 0.6) is 0 Å². The highest BCUT2D eigenvalue weighted by atomic mass is 127. The molecule has 0 fully saturated rings. The topological polar surface area (TPSA) is 80.7 Å². The second-order valence-electron chi connectivity index (χ2n) is 4.41. The summed E-state index contributed by atoms with van der Waals surface area (Å²) in [5.74, 6) is -0.804. The lowest BCUT2D eigenvalue weighted by Gasteiger charge is -2.16. The molecule has 0 aromatic heterocycles. The summed E-state index contributed by atoms with van der Waals surface area (Å²) < 4.78 is 39.9. The van der Waals surface area contributed by atoms with E-state index in [9.17, 15) is 17.8 Å². The first-order valence-electron chi connectivity index (χ1n) is 6.07. The van der Waals surface area contributed by atoms with Crippen molar-refractivity contribution in [3.05, 3.63) is 64.3 Å². The molecule has 1 unspecified atom stereocenters. The van der Waals surface area contributed by atoms with Gasteiger partial charge in [0.2, 0.25) is 0 Å². The Morgan fingerprint density at radius 3 is 2.04 bits per heavy atom. The molecule has 1 N–H and O–H groups in total. The Bertz CT molecular complexity index is 814. The van der Waals surface area contributed by atoms with Gasteiger partial charge in [0.15, 0.2) is 0 Å². The Kier molecular flexibility index (Phi) is 6.66. The van der Waals surface area contributed by atoms with Gasteiger partial charge in [0, 0.05) is 16.3 Å². The maximum atomic E-state index is 12.4. The third-order valence-corrected chi connectivity index (χ3v) is 6.00. The molecule has 9 heteroatoms. The number of hydrogen-bond acceptors (Lipinski definition) is 4. The van der Waals surface area contributed by atoms with Gasteiger partial charge in [-0.05, 0) is 79.9 Å². The Balaban J connectivity index is 2.40. The third-order valence-electron chi connectivity index (χ3n) is 2.77. The van der Waals surface area contributed by atoms with Gasteiger partial charge in [0.05, 0.1) is 5.56 Å². The van der Waals surface area contributed by atoms with E-state index >= 15 is 0 Å². The highest BCUT2D eigenvalue weighted by Crippen LogP contribution is 2.28. The lowest BCUT2D eigenvalue weighted by molar-refractivity contribution is 0.0425. The molecule has 0 heterocycles. The quantitative estimate of drug-likeness (QED) is 0.300. The van der Waals surface area contributed by atoms with Crippen molar-refractivity contribution in [1.29, 1.82) is 0 Å². The van der Waals surface area contributed by atoms with E-state index in [-0.39, 0.29) is 11.1 Å². The SMILES string of the molecule is O=C(OC(c1ccccc1)S(=O)(=O)O)c1c(I)cc(I)cc1I. The number of halogens is 3. The van der Waals surface area contributed by atoms with Crippen molar-refractivity contribution in [3.63, 3.8) is 0 Å². The summed E-state index contributed by atoms with van der Waals surface area (Å²) in [7, 11) is -4.60. The molecule has 2 rings (SSSR count). The first-order chi connectivity index (χ1) is 10.7. The van der Waals surface area contributed by atoms with Crippen LogP contribution in [-0.4, -0.2) is 18.9 Å². The van der Waals surface area contributed by atoms with E-state index in [1.54, 1.807) is 30.3 Å². The molecule has 0 aliphatic rings. The molecule has 23 heavy (non-hydrogen) atoms. The fourth-order valence-corrected chi connectivity index (χ4v) is 6.54. The van der Waals surface area contributed by atoms with Crippen LogP contribution in [0, 0.1) is 10.7 Å². The van der Waals surface area contributed by atoms with Crippen molar-refractivity contribution < 1.29 is 22.5 Å². The van der Waals surface area contributed by atoms with Crippen molar-refractivity contribution in [2.45, 2.75) is 5.44 Å². The van der Waals surface area contributed by atoms with E-state index in [1.165, 1.54) is 12.1 Å². The highest BCUT2D eigenvalue weighted by molar-refractivity contribution is 14.1. The second kappa shape index (κ2) is 7.93. The molecule has 122 valence electrons. The summed E-state index contributed by atoms with van der Waals surface area (Å²) in [6.45, 7) is 0. The zero-order valence-corrected chi connectivity index (χ0v) is 18.5. The van der Waals surface area contributed by atoms with Gasteiger partial charge in [0.25, 0.3) is 5.44 Å². The summed E-state index contributed by atoms with van der Waals surface area (Å²) in [6.07, 6.45) is 0. The normalized spacial score (nSPS) is 12.7. The molecular weight excluding hydrogens is 661 g/mol. The van der Waals surface area contributed by atoms with Gasteiger partial charge in [-0.3, -0.25) is 4.55 Å². The van der Waals surface area contributed by atoms with E-state index < -0.39 is 21.5 Å². The molecule has 2 aromatic carbocycles. The van der Waals surface area contributed by atoms with Gasteiger partial charge in [-0.25, -0.2) is 4.79 Å². The van der Waals surface area contributed by atoms with Crippen LogP contribution in [0.1, 0.15) is 21.4 Å². The molecular formula is C14H9I3O5S. The predicted octanol–water partition coefficient (Wildman–Crippen LogP) is 4.24. The first-order valence-corrected chi connectivity index (χ1v) is 10.8. The number of rotatable bonds is 4. The van der Waals surface area contributed by atoms with E-state index in [4.69, 9.17) is 4.74 Å². The van der Waals surface area contributed by atoms with E-state index in [2.05, 4.69) is 22.6 Å². The van der Waals surface area contributed by atoms with Crippen molar-refractivity contribution >= 4 is 83.9 Å². The maximum absolute atomic E-state index is 12.4. The van der Waals surface area contributed by atoms with Crippen molar-refractivity contribution in [2.75, 3.05) is 0 Å². The van der Waals surface area contributed by atoms with Gasteiger partial charge >= 0.3 is 16.1 Å². The minimum absolute atomic E-state index is 0.180. The predicted molar refractivity (Wildman–Crippen MR) is 111 cm³/mol. The largest absolute Gasteiger partial charge is 0.435 e. The number of benzene rings is 2. The fraction of sp³-hybridized carbons (Fsp3) is 0.0714. The minimum Gasteiger partial charge on any atom is -0.435 e. The molecule has 0 amide bonds. The third kappa shape index (κ3) is 4.99. The van der Waals surface area contributed by atoms with Crippen molar-refractivity contribution in [2.24, 2.45) is 0 Å². The highest BCUT2D eigenvalue weighted by Gasteiger charge is 2.31. The van der Waals surface area contributed by atoms with Crippen molar-refractivity contribution in [3.8, 4) is 0 Å². The molecule has 2 aromatic rings. The van der Waals surface area contributed by atoms with E-state index in [1.807, 2.05) is 45.2 Å².